The highest BCUT2D eigenvalue weighted by atomic mass is 19.1. The molecule has 0 aromatic heterocycles. The summed E-state index contributed by atoms with van der Waals surface area (Å²) in [5, 5.41) is 9.37. The Labute approximate surface area is 322 Å². The SMILES string of the molecule is CCCCCCCCC(CCCCCCCC)OC(=O)CCCCCCCN(CCCO)CCCCCC(=O)OCCCCCCCCCCCF. The molecule has 0 heterocycles. The summed E-state index contributed by atoms with van der Waals surface area (Å²) >= 11 is 0. The van der Waals surface area contributed by atoms with Crippen LogP contribution in [0, 0.1) is 0 Å². The molecule has 0 aliphatic rings. The van der Waals surface area contributed by atoms with Crippen molar-refractivity contribution in [2.75, 3.05) is 39.5 Å². The van der Waals surface area contributed by atoms with Gasteiger partial charge in [0, 0.05) is 26.0 Å². The molecular weight excluding hydrogens is 653 g/mol. The van der Waals surface area contributed by atoms with E-state index in [0.29, 0.717) is 25.9 Å². The first-order valence-electron chi connectivity index (χ1n) is 22.8. The maximum Gasteiger partial charge on any atom is 0.306 e. The molecule has 0 saturated carbocycles. The number of rotatable bonds is 43. The third-order valence-corrected chi connectivity index (χ3v) is 10.4. The van der Waals surface area contributed by atoms with E-state index < -0.39 is 0 Å². The van der Waals surface area contributed by atoms with Gasteiger partial charge in [0.1, 0.15) is 6.10 Å². The Balaban J connectivity index is 4.02. The maximum atomic E-state index is 12.7. The molecule has 0 aliphatic heterocycles. The van der Waals surface area contributed by atoms with Gasteiger partial charge in [-0.3, -0.25) is 14.0 Å². The number of carbonyl (C=O) groups excluding carboxylic acids is 2. The van der Waals surface area contributed by atoms with E-state index in [9.17, 15) is 19.1 Å². The number of ether oxygens (including phenoxy) is 2. The van der Waals surface area contributed by atoms with Crippen molar-refractivity contribution in [3.05, 3.63) is 0 Å². The summed E-state index contributed by atoms with van der Waals surface area (Å²) in [7, 11) is 0. The van der Waals surface area contributed by atoms with E-state index in [-0.39, 0.29) is 31.3 Å². The van der Waals surface area contributed by atoms with Crippen LogP contribution in [0.25, 0.3) is 0 Å². The van der Waals surface area contributed by atoms with Gasteiger partial charge in [0.25, 0.3) is 0 Å². The van der Waals surface area contributed by atoms with Gasteiger partial charge < -0.3 is 19.5 Å². The topological polar surface area (TPSA) is 76.1 Å². The molecule has 310 valence electrons. The van der Waals surface area contributed by atoms with E-state index in [2.05, 4.69) is 18.7 Å². The van der Waals surface area contributed by atoms with Gasteiger partial charge in [0.2, 0.25) is 0 Å². The first kappa shape index (κ1) is 50.8. The van der Waals surface area contributed by atoms with Crippen LogP contribution >= 0.6 is 0 Å². The van der Waals surface area contributed by atoms with Crippen LogP contribution in [-0.2, 0) is 19.1 Å². The largest absolute Gasteiger partial charge is 0.466 e. The summed E-state index contributed by atoms with van der Waals surface area (Å²) in [4.78, 5) is 27.3. The third kappa shape index (κ3) is 38.5. The predicted molar refractivity (Wildman–Crippen MR) is 219 cm³/mol. The Kier molecular flexibility index (Phi) is 41.5. The summed E-state index contributed by atoms with van der Waals surface area (Å²) < 4.78 is 23.6. The van der Waals surface area contributed by atoms with Crippen LogP contribution in [0.4, 0.5) is 4.39 Å². The molecule has 0 aromatic carbocycles. The molecule has 0 radical (unpaired) electrons. The smallest absolute Gasteiger partial charge is 0.306 e. The minimum absolute atomic E-state index is 0.00576. The second-order valence-electron chi connectivity index (χ2n) is 15.6. The number of aliphatic hydroxyl groups is 1. The maximum absolute atomic E-state index is 12.7. The van der Waals surface area contributed by atoms with Crippen LogP contribution in [0.15, 0.2) is 0 Å². The van der Waals surface area contributed by atoms with Gasteiger partial charge >= 0.3 is 11.9 Å². The molecule has 52 heavy (non-hydrogen) atoms. The van der Waals surface area contributed by atoms with Gasteiger partial charge in [-0.25, -0.2) is 0 Å². The molecular formula is C45H88FNO5. The van der Waals surface area contributed by atoms with Crippen molar-refractivity contribution in [2.45, 2.75) is 238 Å². The Morgan fingerprint density at radius 2 is 0.904 bits per heavy atom. The summed E-state index contributed by atoms with van der Waals surface area (Å²) in [5.74, 6) is -0.0642. The minimum atomic E-state index is -0.188. The van der Waals surface area contributed by atoms with E-state index in [1.165, 1.54) is 103 Å². The molecule has 6 nitrogen and oxygen atoms in total. The summed E-state index contributed by atoms with van der Waals surface area (Å²) in [6.07, 6.45) is 37.5. The summed E-state index contributed by atoms with van der Waals surface area (Å²) in [5.41, 5.74) is 0. The fourth-order valence-electron chi connectivity index (χ4n) is 7.05. The van der Waals surface area contributed by atoms with Gasteiger partial charge in [-0.1, -0.05) is 149 Å². The standard InChI is InChI=1S/C45H88FNO5/c1-3-5-7-9-17-24-33-43(34-25-18-10-8-6-4-2)52-45(50)36-26-19-16-21-29-38-47(40-32-41-48)39-30-23-27-35-44(49)51-42-31-22-15-13-11-12-14-20-28-37-46/h43,48H,3-42H2,1-2H3. The predicted octanol–water partition coefficient (Wildman–Crippen LogP) is 13.0. The number of unbranched alkanes of at least 4 members (excludes halogenated alkanes) is 24. The molecule has 0 rings (SSSR count). The van der Waals surface area contributed by atoms with Gasteiger partial charge in [-0.15, -0.1) is 0 Å². The zero-order chi connectivity index (χ0) is 38.0. The number of alkyl halides is 1. The molecule has 0 aliphatic carbocycles. The summed E-state index contributed by atoms with van der Waals surface area (Å²) in [6, 6.07) is 0. The highest BCUT2D eigenvalue weighted by Crippen LogP contribution is 2.18. The lowest BCUT2D eigenvalue weighted by Gasteiger charge is -2.22. The van der Waals surface area contributed by atoms with Crippen LogP contribution in [0.1, 0.15) is 232 Å². The van der Waals surface area contributed by atoms with Crippen LogP contribution in [0.2, 0.25) is 0 Å². The van der Waals surface area contributed by atoms with Crippen LogP contribution in [-0.4, -0.2) is 67.6 Å². The molecule has 7 heteroatoms. The zero-order valence-electron chi connectivity index (χ0n) is 34.8. The van der Waals surface area contributed by atoms with Crippen molar-refractivity contribution in [3.63, 3.8) is 0 Å². The monoisotopic (exact) mass is 742 g/mol. The lowest BCUT2D eigenvalue weighted by molar-refractivity contribution is -0.150. The third-order valence-electron chi connectivity index (χ3n) is 10.4. The lowest BCUT2D eigenvalue weighted by Crippen LogP contribution is -2.28. The first-order valence-corrected chi connectivity index (χ1v) is 22.8. The first-order chi connectivity index (χ1) is 25.6. The molecule has 0 saturated heterocycles. The van der Waals surface area contributed by atoms with Crippen LogP contribution < -0.4 is 0 Å². The molecule has 0 aromatic rings. The number of halogens is 1. The van der Waals surface area contributed by atoms with Gasteiger partial charge in [0.15, 0.2) is 0 Å². The molecule has 0 atom stereocenters. The quantitative estimate of drug-likeness (QED) is 0.0495. The molecule has 0 fully saturated rings. The Bertz CT molecular complexity index is 723. The Morgan fingerprint density at radius 3 is 1.42 bits per heavy atom. The van der Waals surface area contributed by atoms with Gasteiger partial charge in [-0.2, -0.15) is 0 Å². The highest BCUT2D eigenvalue weighted by Gasteiger charge is 2.14. The van der Waals surface area contributed by atoms with Crippen molar-refractivity contribution in [2.24, 2.45) is 0 Å². The number of hydrogen-bond donors (Lipinski definition) is 1. The van der Waals surface area contributed by atoms with Crippen molar-refractivity contribution in [1.29, 1.82) is 0 Å². The van der Waals surface area contributed by atoms with E-state index in [1.54, 1.807) is 0 Å². The second-order valence-corrected chi connectivity index (χ2v) is 15.6. The molecule has 0 unspecified atom stereocenters. The van der Waals surface area contributed by atoms with Gasteiger partial charge in [-0.05, 0) is 83.7 Å². The van der Waals surface area contributed by atoms with Crippen molar-refractivity contribution < 1.29 is 28.6 Å². The molecule has 1 N–H and O–H groups in total. The van der Waals surface area contributed by atoms with E-state index in [1.807, 2.05) is 0 Å². The second kappa shape index (κ2) is 42.5. The van der Waals surface area contributed by atoms with Crippen molar-refractivity contribution in [3.8, 4) is 0 Å². The Hall–Kier alpha value is -1.21. The number of carbonyl (C=O) groups is 2. The van der Waals surface area contributed by atoms with Crippen molar-refractivity contribution in [1.82, 2.24) is 4.90 Å². The Morgan fingerprint density at radius 1 is 0.500 bits per heavy atom. The van der Waals surface area contributed by atoms with Crippen LogP contribution in [0.5, 0.6) is 0 Å². The normalized spacial score (nSPS) is 11.6. The van der Waals surface area contributed by atoms with E-state index >= 15 is 0 Å². The zero-order valence-corrected chi connectivity index (χ0v) is 34.8. The highest BCUT2D eigenvalue weighted by molar-refractivity contribution is 5.69. The number of aliphatic hydroxyl groups excluding tert-OH is 1. The van der Waals surface area contributed by atoms with Gasteiger partial charge in [0.05, 0.1) is 13.3 Å². The minimum Gasteiger partial charge on any atom is -0.466 e. The fourth-order valence-corrected chi connectivity index (χ4v) is 7.05. The van der Waals surface area contributed by atoms with Crippen molar-refractivity contribution >= 4 is 11.9 Å². The molecule has 0 spiro atoms. The lowest BCUT2D eigenvalue weighted by atomic mass is 10.0. The average Bonchev–Trinajstić information content (AvgIpc) is 3.14. The number of esters is 2. The number of nitrogens with zero attached hydrogens (tertiary/aromatic N) is 1. The van der Waals surface area contributed by atoms with E-state index in [4.69, 9.17) is 9.47 Å². The van der Waals surface area contributed by atoms with Crippen LogP contribution in [0.3, 0.4) is 0 Å². The number of hydrogen-bond acceptors (Lipinski definition) is 6. The van der Waals surface area contributed by atoms with E-state index in [0.717, 1.165) is 116 Å². The average molecular weight is 742 g/mol. The fraction of sp³-hybridized carbons (Fsp3) is 0.956. The molecule has 0 bridgehead atoms. The summed E-state index contributed by atoms with van der Waals surface area (Å²) in [6.45, 7) is 8.05. The molecule has 0 amide bonds.